The highest BCUT2D eigenvalue weighted by Crippen LogP contribution is 2.18. The summed E-state index contributed by atoms with van der Waals surface area (Å²) in [6.45, 7) is 2.48. The number of benzene rings is 2. The molecule has 1 heterocycles. The first-order chi connectivity index (χ1) is 13.0. The molecule has 0 aliphatic carbocycles. The Bertz CT molecular complexity index is 944. The monoisotopic (exact) mass is 362 g/mol. The van der Waals surface area contributed by atoms with Crippen LogP contribution in [0.1, 0.15) is 31.8 Å². The van der Waals surface area contributed by atoms with Crippen molar-refractivity contribution in [2.24, 2.45) is 0 Å². The van der Waals surface area contributed by atoms with E-state index in [1.807, 2.05) is 66.3 Å². The minimum atomic E-state index is -0.372. The molecule has 27 heavy (non-hydrogen) atoms. The number of esters is 1. The van der Waals surface area contributed by atoms with Crippen LogP contribution in [-0.4, -0.2) is 35.5 Å². The maximum Gasteiger partial charge on any atom is 0.337 e. The van der Waals surface area contributed by atoms with Crippen molar-refractivity contribution in [1.82, 2.24) is 9.47 Å². The zero-order valence-electron chi connectivity index (χ0n) is 15.7. The maximum absolute atomic E-state index is 12.8. The smallest absolute Gasteiger partial charge is 0.337 e. The molecule has 5 nitrogen and oxygen atoms in total. The fourth-order valence-electron chi connectivity index (χ4n) is 2.95. The molecule has 0 N–H and O–H groups in total. The second kappa shape index (κ2) is 7.91. The standard InChI is InChI=1S/C22H22N2O3/c1-16-6-9-19(14-20(16)24-12-4-5-13-24)21(25)23(2)15-17-7-10-18(11-8-17)22(26)27-3/h4-14H,15H2,1-3H3. The molecule has 0 saturated heterocycles. The molecule has 0 bridgehead atoms. The molecule has 138 valence electrons. The summed E-state index contributed by atoms with van der Waals surface area (Å²) < 4.78 is 6.70. The number of hydrogen-bond acceptors (Lipinski definition) is 3. The van der Waals surface area contributed by atoms with E-state index in [4.69, 9.17) is 4.74 Å². The van der Waals surface area contributed by atoms with Crippen LogP contribution in [-0.2, 0) is 11.3 Å². The Morgan fingerprint density at radius 3 is 2.26 bits per heavy atom. The predicted octanol–water partition coefficient (Wildman–Crippen LogP) is 3.84. The molecule has 1 amide bonds. The fourth-order valence-corrected chi connectivity index (χ4v) is 2.95. The fraction of sp³-hybridized carbons (Fsp3) is 0.182. The normalized spacial score (nSPS) is 10.5. The van der Waals surface area contributed by atoms with Crippen molar-refractivity contribution in [1.29, 1.82) is 0 Å². The van der Waals surface area contributed by atoms with Crippen LogP contribution in [0.4, 0.5) is 0 Å². The summed E-state index contributed by atoms with van der Waals surface area (Å²) in [5.74, 6) is -0.427. The van der Waals surface area contributed by atoms with E-state index >= 15 is 0 Å². The van der Waals surface area contributed by atoms with Crippen LogP contribution in [0.5, 0.6) is 0 Å². The van der Waals surface area contributed by atoms with Gasteiger partial charge in [0, 0.05) is 37.2 Å². The Kier molecular flexibility index (Phi) is 5.41. The number of aryl methyl sites for hydroxylation is 1. The topological polar surface area (TPSA) is 51.5 Å². The molecule has 3 rings (SSSR count). The van der Waals surface area contributed by atoms with Gasteiger partial charge in [-0.05, 0) is 54.4 Å². The average molecular weight is 362 g/mol. The van der Waals surface area contributed by atoms with Crippen molar-refractivity contribution in [2.75, 3.05) is 14.2 Å². The van der Waals surface area contributed by atoms with Gasteiger partial charge in [-0.25, -0.2) is 4.79 Å². The van der Waals surface area contributed by atoms with E-state index < -0.39 is 0 Å². The van der Waals surface area contributed by atoms with Crippen LogP contribution in [0.15, 0.2) is 67.0 Å². The van der Waals surface area contributed by atoms with Crippen molar-refractivity contribution in [3.05, 3.63) is 89.2 Å². The third-order valence-corrected chi connectivity index (χ3v) is 4.48. The lowest BCUT2D eigenvalue weighted by Gasteiger charge is -2.19. The van der Waals surface area contributed by atoms with Gasteiger partial charge in [0.25, 0.3) is 5.91 Å². The minimum absolute atomic E-state index is 0.0551. The first-order valence-electron chi connectivity index (χ1n) is 8.66. The number of ether oxygens (including phenoxy) is 1. The van der Waals surface area contributed by atoms with E-state index in [0.717, 1.165) is 16.8 Å². The molecule has 2 aromatic carbocycles. The molecular formula is C22H22N2O3. The number of rotatable bonds is 5. The molecule has 0 fully saturated rings. The molecule has 0 unspecified atom stereocenters. The summed E-state index contributed by atoms with van der Waals surface area (Å²) in [5, 5.41) is 0. The van der Waals surface area contributed by atoms with Gasteiger partial charge in [0.05, 0.1) is 12.7 Å². The molecule has 0 aliphatic rings. The van der Waals surface area contributed by atoms with Crippen LogP contribution in [0.2, 0.25) is 0 Å². The largest absolute Gasteiger partial charge is 0.465 e. The number of carbonyl (C=O) groups is 2. The highest BCUT2D eigenvalue weighted by atomic mass is 16.5. The van der Waals surface area contributed by atoms with Crippen LogP contribution >= 0.6 is 0 Å². The number of nitrogens with zero attached hydrogens (tertiary/aromatic N) is 2. The Morgan fingerprint density at radius 1 is 1.00 bits per heavy atom. The first kappa shape index (κ1) is 18.5. The first-order valence-corrected chi connectivity index (χ1v) is 8.66. The van der Waals surface area contributed by atoms with Gasteiger partial charge in [0.1, 0.15) is 0 Å². The summed E-state index contributed by atoms with van der Waals surface area (Å²) in [4.78, 5) is 26.0. The Hall–Kier alpha value is -3.34. The van der Waals surface area contributed by atoms with Crippen molar-refractivity contribution < 1.29 is 14.3 Å². The van der Waals surface area contributed by atoms with E-state index in [1.165, 1.54) is 7.11 Å². The van der Waals surface area contributed by atoms with Crippen LogP contribution in [0.25, 0.3) is 5.69 Å². The SMILES string of the molecule is COC(=O)c1ccc(CN(C)C(=O)c2ccc(C)c(-n3cccc3)c2)cc1. The molecular weight excluding hydrogens is 340 g/mol. The predicted molar refractivity (Wildman–Crippen MR) is 104 cm³/mol. The number of amides is 1. The van der Waals surface area contributed by atoms with Gasteiger partial charge in [0.2, 0.25) is 0 Å². The lowest BCUT2D eigenvalue weighted by Crippen LogP contribution is -2.26. The molecule has 0 atom stereocenters. The van der Waals surface area contributed by atoms with Crippen molar-refractivity contribution in [3.63, 3.8) is 0 Å². The van der Waals surface area contributed by atoms with Crippen LogP contribution in [0.3, 0.4) is 0 Å². The number of methoxy groups -OCH3 is 1. The number of aromatic nitrogens is 1. The number of hydrogen-bond donors (Lipinski definition) is 0. The zero-order chi connectivity index (χ0) is 19.4. The van der Waals surface area contributed by atoms with Gasteiger partial charge >= 0.3 is 5.97 Å². The van der Waals surface area contributed by atoms with Crippen molar-refractivity contribution >= 4 is 11.9 Å². The molecule has 5 heteroatoms. The van der Waals surface area contributed by atoms with Gasteiger partial charge in [-0.3, -0.25) is 4.79 Å². The minimum Gasteiger partial charge on any atom is -0.465 e. The van der Waals surface area contributed by atoms with E-state index in [9.17, 15) is 9.59 Å². The van der Waals surface area contributed by atoms with Crippen molar-refractivity contribution in [2.45, 2.75) is 13.5 Å². The van der Waals surface area contributed by atoms with E-state index in [2.05, 4.69) is 0 Å². The molecule has 0 radical (unpaired) electrons. The average Bonchev–Trinajstić information content (AvgIpc) is 3.22. The van der Waals surface area contributed by atoms with Gasteiger partial charge in [0.15, 0.2) is 0 Å². The lowest BCUT2D eigenvalue weighted by atomic mass is 10.1. The molecule has 0 aliphatic heterocycles. The summed E-state index contributed by atoms with van der Waals surface area (Å²) in [6, 6.07) is 16.7. The molecule has 0 saturated carbocycles. The van der Waals surface area contributed by atoms with Crippen LogP contribution in [0, 0.1) is 6.92 Å². The lowest BCUT2D eigenvalue weighted by molar-refractivity contribution is 0.0600. The van der Waals surface area contributed by atoms with Crippen LogP contribution < -0.4 is 0 Å². The summed E-state index contributed by atoms with van der Waals surface area (Å²) in [5.41, 5.74) is 4.16. The highest BCUT2D eigenvalue weighted by Gasteiger charge is 2.14. The second-order valence-electron chi connectivity index (χ2n) is 6.44. The van der Waals surface area contributed by atoms with Gasteiger partial charge in [-0.2, -0.15) is 0 Å². The summed E-state index contributed by atoms with van der Waals surface area (Å²) >= 11 is 0. The molecule has 3 aromatic rings. The quantitative estimate of drug-likeness (QED) is 0.648. The van der Waals surface area contributed by atoms with Gasteiger partial charge in [-0.15, -0.1) is 0 Å². The third kappa shape index (κ3) is 4.08. The Labute approximate surface area is 158 Å². The molecule has 1 aromatic heterocycles. The Morgan fingerprint density at radius 2 is 1.63 bits per heavy atom. The van der Waals surface area contributed by atoms with Gasteiger partial charge in [-0.1, -0.05) is 18.2 Å². The van der Waals surface area contributed by atoms with E-state index in [0.29, 0.717) is 17.7 Å². The van der Waals surface area contributed by atoms with Gasteiger partial charge < -0.3 is 14.2 Å². The number of carbonyl (C=O) groups excluding carboxylic acids is 2. The highest BCUT2D eigenvalue weighted by molar-refractivity contribution is 5.94. The van der Waals surface area contributed by atoms with E-state index in [-0.39, 0.29) is 11.9 Å². The molecule has 0 spiro atoms. The second-order valence-corrected chi connectivity index (χ2v) is 6.44. The Balaban J connectivity index is 1.76. The van der Waals surface area contributed by atoms with Crippen molar-refractivity contribution in [3.8, 4) is 5.69 Å². The van der Waals surface area contributed by atoms with E-state index in [1.54, 1.807) is 24.1 Å². The zero-order valence-corrected chi connectivity index (χ0v) is 15.7. The summed E-state index contributed by atoms with van der Waals surface area (Å²) in [7, 11) is 3.12. The third-order valence-electron chi connectivity index (χ3n) is 4.48. The maximum atomic E-state index is 12.8. The summed E-state index contributed by atoms with van der Waals surface area (Å²) in [6.07, 6.45) is 3.92.